The largest absolute Gasteiger partial charge is 0.451 e. The summed E-state index contributed by atoms with van der Waals surface area (Å²) in [6, 6.07) is 7.30. The topological polar surface area (TPSA) is 55.8 Å². The molecule has 0 fully saturated rings. The van der Waals surface area contributed by atoms with Crippen LogP contribution in [0.2, 0.25) is 0 Å². The van der Waals surface area contributed by atoms with Crippen molar-refractivity contribution in [3.8, 4) is 5.75 Å². The maximum Gasteiger partial charge on any atom is 0.336 e. The maximum absolute atomic E-state index is 11.5. The number of hydrogen-bond donors (Lipinski definition) is 1. The van der Waals surface area contributed by atoms with Crippen molar-refractivity contribution in [2.45, 2.75) is 33.2 Å². The van der Waals surface area contributed by atoms with Crippen molar-refractivity contribution in [1.29, 1.82) is 0 Å². The van der Waals surface area contributed by atoms with E-state index in [-0.39, 0.29) is 5.57 Å². The molecule has 0 aliphatic rings. The molecular formula is C16H20O4. The Balaban J connectivity index is 2.91. The lowest BCUT2D eigenvalue weighted by molar-refractivity contribution is -0.173. The van der Waals surface area contributed by atoms with Gasteiger partial charge in [-0.15, -0.1) is 0 Å². The maximum atomic E-state index is 11.5. The number of rotatable bonds is 6. The first-order valence-corrected chi connectivity index (χ1v) is 6.38. The van der Waals surface area contributed by atoms with Gasteiger partial charge in [-0.1, -0.05) is 36.9 Å². The minimum absolute atomic E-state index is 0.251. The lowest BCUT2D eigenvalue weighted by atomic mass is 10.2. The monoisotopic (exact) mass is 276 g/mol. The lowest BCUT2D eigenvalue weighted by Crippen LogP contribution is -2.34. The van der Waals surface area contributed by atoms with Gasteiger partial charge in [0, 0.05) is 11.1 Å². The molecule has 4 heteroatoms. The molecule has 1 aromatic rings. The minimum Gasteiger partial charge on any atom is -0.451 e. The highest BCUT2D eigenvalue weighted by molar-refractivity contribution is 5.87. The number of esters is 1. The van der Waals surface area contributed by atoms with Crippen LogP contribution >= 0.6 is 0 Å². The average Bonchev–Trinajstić information content (AvgIpc) is 2.39. The van der Waals surface area contributed by atoms with Crippen molar-refractivity contribution in [2.24, 2.45) is 0 Å². The molecule has 0 aromatic heterocycles. The highest BCUT2D eigenvalue weighted by atomic mass is 16.7. The molecule has 0 amide bonds. The van der Waals surface area contributed by atoms with Gasteiger partial charge in [-0.05, 0) is 26.8 Å². The van der Waals surface area contributed by atoms with E-state index in [9.17, 15) is 9.90 Å². The van der Waals surface area contributed by atoms with E-state index >= 15 is 0 Å². The van der Waals surface area contributed by atoms with Gasteiger partial charge >= 0.3 is 5.97 Å². The molecular weight excluding hydrogens is 256 g/mol. The Hall–Kier alpha value is -2.07. The number of para-hydroxylation sites is 1. The summed E-state index contributed by atoms with van der Waals surface area (Å²) in [6.45, 7) is 8.42. The third kappa shape index (κ3) is 4.55. The van der Waals surface area contributed by atoms with Crippen molar-refractivity contribution in [3.05, 3.63) is 48.1 Å². The van der Waals surface area contributed by atoms with Crippen molar-refractivity contribution in [3.63, 3.8) is 0 Å². The Morgan fingerprint density at radius 3 is 2.60 bits per heavy atom. The summed E-state index contributed by atoms with van der Waals surface area (Å²) in [5.74, 6) is -0.0644. The van der Waals surface area contributed by atoms with Gasteiger partial charge < -0.3 is 14.6 Å². The van der Waals surface area contributed by atoms with Crippen molar-refractivity contribution in [1.82, 2.24) is 0 Å². The van der Waals surface area contributed by atoms with E-state index in [0.29, 0.717) is 5.75 Å². The molecule has 4 nitrogen and oxygen atoms in total. The second-order valence-corrected chi connectivity index (χ2v) is 4.45. The number of ether oxygens (including phenoxy) is 2. The fourth-order valence-corrected chi connectivity index (χ4v) is 1.46. The predicted octanol–water partition coefficient (Wildman–Crippen LogP) is 2.92. The summed E-state index contributed by atoms with van der Waals surface area (Å²) in [5, 5.41) is 9.68. The molecule has 0 saturated carbocycles. The van der Waals surface area contributed by atoms with Crippen LogP contribution in [0.3, 0.4) is 0 Å². The van der Waals surface area contributed by atoms with Gasteiger partial charge in [0.15, 0.2) is 0 Å². The first-order chi connectivity index (χ1) is 9.45. The zero-order valence-corrected chi connectivity index (χ0v) is 12.0. The van der Waals surface area contributed by atoms with Crippen LogP contribution in [0.25, 0.3) is 6.08 Å². The Morgan fingerprint density at radius 1 is 1.40 bits per heavy atom. The summed E-state index contributed by atoms with van der Waals surface area (Å²) in [4.78, 5) is 11.5. The third-order valence-corrected chi connectivity index (χ3v) is 2.47. The minimum atomic E-state index is -1.08. The first-order valence-electron chi connectivity index (χ1n) is 6.38. The Kier molecular flexibility index (Phi) is 6.00. The molecule has 0 spiro atoms. The van der Waals surface area contributed by atoms with E-state index in [1.54, 1.807) is 6.07 Å². The average molecular weight is 276 g/mol. The number of aliphatic hydroxyl groups excluding tert-OH is 1. The second-order valence-electron chi connectivity index (χ2n) is 4.45. The van der Waals surface area contributed by atoms with Crippen LogP contribution in [0.4, 0.5) is 0 Å². The van der Waals surface area contributed by atoms with Crippen LogP contribution in [0.5, 0.6) is 5.75 Å². The van der Waals surface area contributed by atoms with Gasteiger partial charge in [0.2, 0.25) is 0 Å². The smallest absolute Gasteiger partial charge is 0.336 e. The number of carbonyl (C=O) groups is 1. The molecule has 0 aliphatic heterocycles. The molecule has 0 heterocycles. The van der Waals surface area contributed by atoms with E-state index in [1.807, 2.05) is 37.3 Å². The summed E-state index contributed by atoms with van der Waals surface area (Å²) in [7, 11) is 0. The number of carbonyl (C=O) groups excluding carboxylic acids is 1. The molecule has 1 aromatic carbocycles. The third-order valence-electron chi connectivity index (χ3n) is 2.47. The Labute approximate surface area is 119 Å². The zero-order valence-electron chi connectivity index (χ0n) is 12.0. The van der Waals surface area contributed by atoms with Crippen molar-refractivity contribution >= 4 is 12.0 Å². The molecule has 2 unspecified atom stereocenters. The molecule has 20 heavy (non-hydrogen) atoms. The Morgan fingerprint density at radius 2 is 2.05 bits per heavy atom. The highest BCUT2D eigenvalue weighted by Crippen LogP contribution is 2.22. The number of hydrogen-bond acceptors (Lipinski definition) is 4. The SMILES string of the molecule is C=C(C)C(=O)OC(Oc1ccccc1C=CC)C(C)O. The van der Waals surface area contributed by atoms with Gasteiger partial charge in [-0.2, -0.15) is 0 Å². The van der Waals surface area contributed by atoms with Crippen LogP contribution in [0.15, 0.2) is 42.5 Å². The molecule has 0 bridgehead atoms. The summed E-state index contributed by atoms with van der Waals surface area (Å²) in [5.41, 5.74) is 1.09. The summed E-state index contributed by atoms with van der Waals surface area (Å²) < 4.78 is 10.7. The van der Waals surface area contributed by atoms with Crippen LogP contribution in [0, 0.1) is 0 Å². The standard InChI is InChI=1S/C16H20O4/c1-5-8-13-9-6-7-10-14(13)19-16(12(4)17)20-15(18)11(2)3/h5-10,12,16-17H,2H2,1,3-4H3. The number of allylic oxidation sites excluding steroid dienone is 1. The quantitative estimate of drug-likeness (QED) is 0.493. The molecule has 0 radical (unpaired) electrons. The van der Waals surface area contributed by atoms with Crippen molar-refractivity contribution in [2.75, 3.05) is 0 Å². The second kappa shape index (κ2) is 7.50. The van der Waals surface area contributed by atoms with E-state index in [4.69, 9.17) is 9.47 Å². The molecule has 2 atom stereocenters. The summed E-state index contributed by atoms with van der Waals surface area (Å²) >= 11 is 0. The fraction of sp³-hybridized carbons (Fsp3) is 0.312. The van der Waals surface area contributed by atoms with Crippen LogP contribution in [-0.2, 0) is 9.53 Å². The van der Waals surface area contributed by atoms with Crippen LogP contribution in [0.1, 0.15) is 26.3 Å². The van der Waals surface area contributed by atoms with Crippen LogP contribution < -0.4 is 4.74 Å². The molecule has 0 aliphatic carbocycles. The van der Waals surface area contributed by atoms with E-state index in [0.717, 1.165) is 5.56 Å². The van der Waals surface area contributed by atoms with Gasteiger partial charge in [-0.3, -0.25) is 0 Å². The molecule has 0 saturated heterocycles. The predicted molar refractivity (Wildman–Crippen MR) is 78.2 cm³/mol. The van der Waals surface area contributed by atoms with Crippen LogP contribution in [-0.4, -0.2) is 23.5 Å². The lowest BCUT2D eigenvalue weighted by Gasteiger charge is -2.22. The number of benzene rings is 1. The van der Waals surface area contributed by atoms with E-state index in [1.165, 1.54) is 13.8 Å². The number of aliphatic hydroxyl groups is 1. The van der Waals surface area contributed by atoms with Gasteiger partial charge in [0.05, 0.1) is 0 Å². The molecule has 1 N–H and O–H groups in total. The van der Waals surface area contributed by atoms with E-state index < -0.39 is 18.4 Å². The summed E-state index contributed by atoms with van der Waals surface area (Å²) in [6.07, 6.45) is 1.71. The fourth-order valence-electron chi connectivity index (χ4n) is 1.46. The molecule has 108 valence electrons. The normalized spacial score (nSPS) is 13.8. The first kappa shape index (κ1) is 16.0. The molecule has 1 rings (SSSR count). The highest BCUT2D eigenvalue weighted by Gasteiger charge is 2.22. The van der Waals surface area contributed by atoms with Crippen molar-refractivity contribution < 1.29 is 19.4 Å². The van der Waals surface area contributed by atoms with Gasteiger partial charge in [0.1, 0.15) is 11.9 Å². The zero-order chi connectivity index (χ0) is 15.1. The van der Waals surface area contributed by atoms with Gasteiger partial charge in [-0.25, -0.2) is 4.79 Å². The van der Waals surface area contributed by atoms with E-state index in [2.05, 4.69) is 6.58 Å². The Bertz CT molecular complexity index is 503. The van der Waals surface area contributed by atoms with Gasteiger partial charge in [0.25, 0.3) is 6.29 Å².